The van der Waals surface area contributed by atoms with Crippen LogP contribution in [0.15, 0.2) is 6.20 Å². The fourth-order valence-corrected chi connectivity index (χ4v) is 5.22. The second kappa shape index (κ2) is 10.2. The van der Waals surface area contributed by atoms with Crippen LogP contribution in [0.3, 0.4) is 0 Å². The molecule has 0 bridgehead atoms. The van der Waals surface area contributed by atoms with Crippen molar-refractivity contribution < 1.29 is 9.59 Å². The van der Waals surface area contributed by atoms with Crippen molar-refractivity contribution in [3.05, 3.63) is 16.1 Å². The molecule has 1 aromatic rings. The molecule has 1 N–H and O–H groups in total. The molecular weight excluding hydrogens is 408 g/mol. The fraction of sp³-hybridized carbons (Fsp3) is 0.762. The number of aryl methyl sites for hydroxylation is 1. The summed E-state index contributed by atoms with van der Waals surface area (Å²) in [5.74, 6) is 0.546. The Morgan fingerprint density at radius 1 is 1.31 bits per heavy atom. The van der Waals surface area contributed by atoms with E-state index < -0.39 is 5.54 Å². The second-order valence-corrected chi connectivity index (χ2v) is 9.99. The van der Waals surface area contributed by atoms with Gasteiger partial charge >= 0.3 is 0 Å². The summed E-state index contributed by atoms with van der Waals surface area (Å²) in [5.41, 5.74) is -0.672. The number of piperidine rings is 1. The number of unbranched alkanes of at least 4 members (excludes halogenated alkanes) is 1. The minimum atomic E-state index is -0.672. The number of hydrogen-bond donors (Lipinski definition) is 1. The SMILES string of the molecule is CCCCN1C(=O)C(CC(C)C)NC(=O)C12CCN(Cc1ncc(C)s1)CC2.Cl. The Morgan fingerprint density at radius 2 is 2.00 bits per heavy atom. The summed E-state index contributed by atoms with van der Waals surface area (Å²) < 4.78 is 0. The lowest BCUT2D eigenvalue weighted by Gasteiger charge is -2.51. The molecule has 2 saturated heterocycles. The topological polar surface area (TPSA) is 65.5 Å². The number of carbonyl (C=O) groups excluding carboxylic acids is 2. The molecule has 2 fully saturated rings. The van der Waals surface area contributed by atoms with Gasteiger partial charge < -0.3 is 10.2 Å². The van der Waals surface area contributed by atoms with Crippen molar-refractivity contribution in [2.45, 2.75) is 77.9 Å². The molecule has 0 aliphatic carbocycles. The highest BCUT2D eigenvalue weighted by molar-refractivity contribution is 7.11. The lowest BCUT2D eigenvalue weighted by atomic mass is 9.80. The van der Waals surface area contributed by atoms with E-state index in [1.54, 1.807) is 11.3 Å². The van der Waals surface area contributed by atoms with E-state index in [0.29, 0.717) is 31.7 Å². The summed E-state index contributed by atoms with van der Waals surface area (Å²) in [6, 6.07) is -0.369. The largest absolute Gasteiger partial charge is 0.342 e. The molecule has 164 valence electrons. The maximum atomic E-state index is 13.3. The van der Waals surface area contributed by atoms with Gasteiger partial charge in [0, 0.05) is 30.7 Å². The third-order valence-corrected chi connectivity index (χ3v) is 6.86. The van der Waals surface area contributed by atoms with E-state index in [1.807, 2.05) is 11.1 Å². The van der Waals surface area contributed by atoms with Crippen LogP contribution in [0.2, 0.25) is 0 Å². The number of piperazine rings is 1. The first kappa shape index (κ1) is 24.1. The number of thiazole rings is 1. The zero-order chi connectivity index (χ0) is 20.3. The number of likely N-dealkylation sites (tertiary alicyclic amines) is 1. The van der Waals surface area contributed by atoms with Crippen LogP contribution in [0, 0.1) is 12.8 Å². The molecule has 1 unspecified atom stereocenters. The number of aromatic nitrogens is 1. The number of nitrogens with one attached hydrogen (secondary N) is 1. The van der Waals surface area contributed by atoms with Crippen LogP contribution in [-0.2, 0) is 16.1 Å². The van der Waals surface area contributed by atoms with Gasteiger partial charge in [0.1, 0.15) is 16.6 Å². The Kier molecular flexibility index (Phi) is 8.49. The molecule has 1 aromatic heterocycles. The number of rotatable bonds is 7. The van der Waals surface area contributed by atoms with Gasteiger partial charge in [-0.25, -0.2) is 4.98 Å². The van der Waals surface area contributed by atoms with E-state index in [0.717, 1.165) is 37.5 Å². The Morgan fingerprint density at radius 3 is 2.55 bits per heavy atom. The van der Waals surface area contributed by atoms with Crippen LogP contribution in [0.1, 0.15) is 62.8 Å². The fourth-order valence-electron chi connectivity index (χ4n) is 4.39. The van der Waals surface area contributed by atoms with Crippen LogP contribution < -0.4 is 5.32 Å². The Labute approximate surface area is 184 Å². The summed E-state index contributed by atoms with van der Waals surface area (Å²) >= 11 is 1.73. The van der Waals surface area contributed by atoms with E-state index in [9.17, 15) is 9.59 Å². The summed E-state index contributed by atoms with van der Waals surface area (Å²) in [7, 11) is 0. The van der Waals surface area contributed by atoms with Crippen molar-refractivity contribution >= 4 is 35.6 Å². The molecule has 6 nitrogen and oxygen atoms in total. The van der Waals surface area contributed by atoms with Gasteiger partial charge in [-0.2, -0.15) is 0 Å². The lowest BCUT2D eigenvalue weighted by Crippen LogP contribution is -2.73. The van der Waals surface area contributed by atoms with E-state index >= 15 is 0 Å². The van der Waals surface area contributed by atoms with Gasteiger partial charge in [-0.15, -0.1) is 23.7 Å². The van der Waals surface area contributed by atoms with Crippen LogP contribution in [0.4, 0.5) is 0 Å². The first-order chi connectivity index (χ1) is 13.4. The third kappa shape index (κ3) is 5.30. The van der Waals surface area contributed by atoms with Gasteiger partial charge in [0.15, 0.2) is 0 Å². The highest BCUT2D eigenvalue weighted by Crippen LogP contribution is 2.34. The van der Waals surface area contributed by atoms with Crippen molar-refractivity contribution in [1.82, 2.24) is 20.1 Å². The maximum absolute atomic E-state index is 13.3. The predicted octanol–water partition coefficient (Wildman–Crippen LogP) is 3.38. The van der Waals surface area contributed by atoms with Gasteiger partial charge in [0.05, 0.1) is 6.54 Å². The molecular formula is C21H35ClN4O2S. The number of amides is 2. The van der Waals surface area contributed by atoms with Gasteiger partial charge in [0.25, 0.3) is 0 Å². The van der Waals surface area contributed by atoms with E-state index in [-0.39, 0.29) is 30.3 Å². The molecule has 0 saturated carbocycles. The molecule has 8 heteroatoms. The van der Waals surface area contributed by atoms with Gasteiger partial charge in [-0.3, -0.25) is 14.5 Å². The van der Waals surface area contributed by atoms with Crippen LogP contribution >= 0.6 is 23.7 Å². The van der Waals surface area contributed by atoms with Crippen molar-refractivity contribution in [3.63, 3.8) is 0 Å². The Balaban J connectivity index is 0.00000300. The molecule has 1 spiro atoms. The molecule has 2 aliphatic rings. The van der Waals surface area contributed by atoms with E-state index in [2.05, 4.69) is 42.9 Å². The normalized spacial score (nSPS) is 22.1. The minimum absolute atomic E-state index is 0. The van der Waals surface area contributed by atoms with Crippen molar-refractivity contribution in [3.8, 4) is 0 Å². The first-order valence-corrected chi connectivity index (χ1v) is 11.4. The molecule has 3 rings (SSSR count). The van der Waals surface area contributed by atoms with Crippen molar-refractivity contribution in [2.24, 2.45) is 5.92 Å². The monoisotopic (exact) mass is 442 g/mol. The van der Waals surface area contributed by atoms with Crippen molar-refractivity contribution in [2.75, 3.05) is 19.6 Å². The molecule has 2 aliphatic heterocycles. The van der Waals surface area contributed by atoms with E-state index in [4.69, 9.17) is 0 Å². The van der Waals surface area contributed by atoms with Crippen LogP contribution in [0.5, 0.6) is 0 Å². The molecule has 29 heavy (non-hydrogen) atoms. The maximum Gasteiger partial charge on any atom is 0.246 e. The highest BCUT2D eigenvalue weighted by atomic mass is 35.5. The Hall–Kier alpha value is -1.18. The molecule has 3 heterocycles. The van der Waals surface area contributed by atoms with E-state index in [1.165, 1.54) is 4.88 Å². The summed E-state index contributed by atoms with van der Waals surface area (Å²) in [5, 5.41) is 4.20. The average molecular weight is 443 g/mol. The summed E-state index contributed by atoms with van der Waals surface area (Å²) in [4.78, 5) is 36.5. The predicted molar refractivity (Wildman–Crippen MR) is 119 cm³/mol. The number of hydrogen-bond acceptors (Lipinski definition) is 5. The van der Waals surface area contributed by atoms with Gasteiger partial charge in [-0.1, -0.05) is 27.2 Å². The van der Waals surface area contributed by atoms with Gasteiger partial charge in [0.2, 0.25) is 11.8 Å². The highest BCUT2D eigenvalue weighted by Gasteiger charge is 2.53. The molecule has 2 amide bonds. The smallest absolute Gasteiger partial charge is 0.246 e. The quantitative estimate of drug-likeness (QED) is 0.702. The molecule has 0 aromatic carbocycles. The Bertz CT molecular complexity index is 701. The first-order valence-electron chi connectivity index (χ1n) is 10.6. The lowest BCUT2D eigenvalue weighted by molar-refractivity contribution is -0.161. The third-order valence-electron chi connectivity index (χ3n) is 5.96. The zero-order valence-electron chi connectivity index (χ0n) is 18.1. The standard InChI is InChI=1S/C21H34N4O2S.ClH/c1-5-6-9-25-19(26)17(12-15(2)3)23-20(27)21(25)7-10-24(11-8-21)14-18-22-13-16(4)28-18;/h13,15,17H,5-12,14H2,1-4H3,(H,23,27);1H. The number of halogens is 1. The van der Waals surface area contributed by atoms with Crippen molar-refractivity contribution in [1.29, 1.82) is 0 Å². The second-order valence-electron chi connectivity index (χ2n) is 8.67. The molecule has 1 atom stereocenters. The van der Waals surface area contributed by atoms with Crippen LogP contribution in [0.25, 0.3) is 0 Å². The van der Waals surface area contributed by atoms with Gasteiger partial charge in [-0.05, 0) is 38.5 Å². The summed E-state index contributed by atoms with van der Waals surface area (Å²) in [6.45, 7) is 11.5. The van der Waals surface area contributed by atoms with Crippen LogP contribution in [-0.4, -0.2) is 57.8 Å². The minimum Gasteiger partial charge on any atom is -0.342 e. The molecule has 0 radical (unpaired) electrons. The number of nitrogens with zero attached hydrogens (tertiary/aromatic N) is 3. The zero-order valence-corrected chi connectivity index (χ0v) is 19.7. The number of carbonyl (C=O) groups is 2. The average Bonchev–Trinajstić information content (AvgIpc) is 3.06. The summed E-state index contributed by atoms with van der Waals surface area (Å²) in [6.07, 6.45) is 5.99.